The van der Waals surface area contributed by atoms with Gasteiger partial charge < -0.3 is 20.7 Å². The highest BCUT2D eigenvalue weighted by atomic mass is 16.5. The van der Waals surface area contributed by atoms with E-state index in [1.165, 1.54) is 7.11 Å². The molecule has 6 heteroatoms. The van der Waals surface area contributed by atoms with Crippen molar-refractivity contribution in [1.82, 2.24) is 9.88 Å². The topological polar surface area (TPSA) is 80.5 Å². The number of carbonyl (C=O) groups excluding carboxylic acids is 1. The van der Waals surface area contributed by atoms with Crippen LogP contribution in [-0.4, -0.2) is 49.1 Å². The summed E-state index contributed by atoms with van der Waals surface area (Å²) in [6.07, 6.45) is 0. The lowest BCUT2D eigenvalue weighted by Crippen LogP contribution is -2.31. The van der Waals surface area contributed by atoms with E-state index in [0.717, 1.165) is 6.54 Å². The van der Waals surface area contributed by atoms with Crippen molar-refractivity contribution >= 4 is 17.5 Å². The average Bonchev–Trinajstić information content (AvgIpc) is 2.39. The van der Waals surface area contributed by atoms with Crippen LogP contribution in [0.4, 0.5) is 11.5 Å². The molecule has 1 aromatic rings. The number of likely N-dealkylation sites (N-methyl/N-ethyl adjacent to an activating group) is 1. The van der Waals surface area contributed by atoms with Crippen molar-refractivity contribution in [1.29, 1.82) is 0 Å². The number of carbonyl (C=O) groups is 1. The number of nitrogens with two attached hydrogens (primary N) is 1. The van der Waals surface area contributed by atoms with Crippen molar-refractivity contribution < 1.29 is 9.53 Å². The van der Waals surface area contributed by atoms with Crippen molar-refractivity contribution in [2.75, 3.05) is 38.3 Å². The second kappa shape index (κ2) is 6.94. The van der Waals surface area contributed by atoms with Gasteiger partial charge in [-0.15, -0.1) is 0 Å². The van der Waals surface area contributed by atoms with E-state index in [1.807, 2.05) is 7.05 Å². The van der Waals surface area contributed by atoms with E-state index in [0.29, 0.717) is 24.1 Å². The average molecular weight is 266 g/mol. The Labute approximate surface area is 113 Å². The zero-order valence-electron chi connectivity index (χ0n) is 11.9. The summed E-state index contributed by atoms with van der Waals surface area (Å²) in [5.41, 5.74) is 6.58. The quantitative estimate of drug-likeness (QED) is 0.753. The minimum absolute atomic E-state index is 0.247. The molecule has 6 nitrogen and oxygen atoms in total. The van der Waals surface area contributed by atoms with Crippen LogP contribution in [0.25, 0.3) is 0 Å². The van der Waals surface area contributed by atoms with Gasteiger partial charge in [-0.05, 0) is 33.0 Å². The van der Waals surface area contributed by atoms with Gasteiger partial charge >= 0.3 is 5.97 Å². The molecule has 0 unspecified atom stereocenters. The van der Waals surface area contributed by atoms with Crippen LogP contribution < -0.4 is 11.1 Å². The Balaban J connectivity index is 2.65. The van der Waals surface area contributed by atoms with Crippen LogP contribution in [0.5, 0.6) is 0 Å². The third-order valence-electron chi connectivity index (χ3n) is 2.96. The Kier molecular flexibility index (Phi) is 5.57. The Morgan fingerprint density at radius 1 is 1.53 bits per heavy atom. The van der Waals surface area contributed by atoms with Crippen LogP contribution in [0.3, 0.4) is 0 Å². The number of esters is 1. The number of methoxy groups -OCH3 is 1. The molecule has 1 heterocycles. The molecule has 0 saturated heterocycles. The third-order valence-corrected chi connectivity index (χ3v) is 2.96. The summed E-state index contributed by atoms with van der Waals surface area (Å²) in [5, 5.41) is 3.13. The second-order valence-corrected chi connectivity index (χ2v) is 4.63. The monoisotopic (exact) mass is 266 g/mol. The van der Waals surface area contributed by atoms with Gasteiger partial charge in [0.2, 0.25) is 0 Å². The molecule has 3 N–H and O–H groups in total. The van der Waals surface area contributed by atoms with Gasteiger partial charge in [-0.25, -0.2) is 9.78 Å². The number of nitrogens with one attached hydrogen (secondary N) is 1. The van der Waals surface area contributed by atoms with E-state index in [-0.39, 0.29) is 5.69 Å². The number of anilines is 2. The van der Waals surface area contributed by atoms with E-state index in [9.17, 15) is 4.79 Å². The predicted molar refractivity (Wildman–Crippen MR) is 76.2 cm³/mol. The number of rotatable bonds is 6. The fraction of sp³-hybridized carbons (Fsp3) is 0.538. The first-order valence-electron chi connectivity index (χ1n) is 6.24. The van der Waals surface area contributed by atoms with Crippen LogP contribution in [0.15, 0.2) is 12.1 Å². The predicted octanol–water partition coefficient (Wildman–Crippen LogP) is 1.20. The summed E-state index contributed by atoms with van der Waals surface area (Å²) < 4.78 is 4.63. The largest absolute Gasteiger partial charge is 0.464 e. The molecule has 0 saturated carbocycles. The number of hydrogen-bond donors (Lipinski definition) is 2. The molecule has 0 aliphatic carbocycles. The summed E-state index contributed by atoms with van der Waals surface area (Å²) in [6.45, 7) is 5.83. The van der Waals surface area contributed by atoms with Gasteiger partial charge in [-0.1, -0.05) is 0 Å². The highest BCUT2D eigenvalue weighted by Crippen LogP contribution is 2.15. The maximum Gasteiger partial charge on any atom is 0.356 e. The van der Waals surface area contributed by atoms with E-state index < -0.39 is 5.97 Å². The number of pyridine rings is 1. The smallest absolute Gasteiger partial charge is 0.356 e. The Hall–Kier alpha value is -1.82. The first-order chi connectivity index (χ1) is 8.95. The molecule has 19 heavy (non-hydrogen) atoms. The lowest BCUT2D eigenvalue weighted by molar-refractivity contribution is 0.0594. The summed E-state index contributed by atoms with van der Waals surface area (Å²) in [7, 11) is 3.37. The molecule has 1 aromatic heterocycles. The first-order valence-corrected chi connectivity index (χ1v) is 6.24. The van der Waals surface area contributed by atoms with Gasteiger partial charge in [-0.2, -0.15) is 0 Å². The lowest BCUT2D eigenvalue weighted by atomic mass is 10.3. The molecule has 0 fully saturated rings. The van der Waals surface area contributed by atoms with Gasteiger partial charge in [0.05, 0.1) is 12.8 Å². The van der Waals surface area contributed by atoms with Crippen molar-refractivity contribution in [3.05, 3.63) is 17.8 Å². The maximum absolute atomic E-state index is 11.4. The normalized spacial score (nSPS) is 10.8. The number of ether oxygens (including phenoxy) is 1. The molecule has 0 radical (unpaired) electrons. The van der Waals surface area contributed by atoms with E-state index in [4.69, 9.17) is 5.73 Å². The Morgan fingerprint density at radius 3 is 2.79 bits per heavy atom. The van der Waals surface area contributed by atoms with Crippen molar-refractivity contribution in [3.8, 4) is 0 Å². The molecule has 0 atom stereocenters. The van der Waals surface area contributed by atoms with Crippen LogP contribution in [0.1, 0.15) is 24.3 Å². The maximum atomic E-state index is 11.4. The molecule has 0 bridgehead atoms. The Morgan fingerprint density at radius 2 is 2.21 bits per heavy atom. The fourth-order valence-corrected chi connectivity index (χ4v) is 1.44. The first kappa shape index (κ1) is 15.2. The van der Waals surface area contributed by atoms with Crippen LogP contribution in [0.2, 0.25) is 0 Å². The molecule has 0 aliphatic rings. The van der Waals surface area contributed by atoms with Gasteiger partial charge in [0, 0.05) is 19.1 Å². The molecular weight excluding hydrogens is 244 g/mol. The van der Waals surface area contributed by atoms with Crippen molar-refractivity contribution in [3.63, 3.8) is 0 Å². The SMILES string of the molecule is COC(=O)c1ccc(N)c(NCCN(C)C(C)C)n1. The van der Waals surface area contributed by atoms with Crippen LogP contribution >= 0.6 is 0 Å². The van der Waals surface area contributed by atoms with E-state index >= 15 is 0 Å². The van der Waals surface area contributed by atoms with Crippen LogP contribution in [0, 0.1) is 0 Å². The van der Waals surface area contributed by atoms with Gasteiger partial charge in [-0.3, -0.25) is 0 Å². The van der Waals surface area contributed by atoms with Gasteiger partial charge in [0.25, 0.3) is 0 Å². The third kappa shape index (κ3) is 4.40. The van der Waals surface area contributed by atoms with Gasteiger partial charge in [0.1, 0.15) is 5.82 Å². The van der Waals surface area contributed by atoms with E-state index in [2.05, 4.69) is 33.8 Å². The highest BCUT2D eigenvalue weighted by molar-refractivity contribution is 5.88. The number of nitrogen functional groups attached to an aromatic ring is 1. The second-order valence-electron chi connectivity index (χ2n) is 4.63. The fourth-order valence-electron chi connectivity index (χ4n) is 1.44. The summed E-state index contributed by atoms with van der Waals surface area (Å²) in [5.74, 6) is 0.0439. The van der Waals surface area contributed by atoms with Gasteiger partial charge in [0.15, 0.2) is 5.69 Å². The Bertz CT molecular complexity index is 435. The number of hydrogen-bond acceptors (Lipinski definition) is 6. The summed E-state index contributed by atoms with van der Waals surface area (Å²) in [4.78, 5) is 17.7. The summed E-state index contributed by atoms with van der Waals surface area (Å²) >= 11 is 0. The lowest BCUT2D eigenvalue weighted by Gasteiger charge is -2.21. The molecule has 0 spiro atoms. The number of aromatic nitrogens is 1. The minimum Gasteiger partial charge on any atom is -0.464 e. The minimum atomic E-state index is -0.470. The van der Waals surface area contributed by atoms with Crippen LogP contribution in [-0.2, 0) is 4.74 Å². The molecule has 0 aliphatic heterocycles. The molecular formula is C13H22N4O2. The van der Waals surface area contributed by atoms with E-state index in [1.54, 1.807) is 12.1 Å². The van der Waals surface area contributed by atoms with Crippen molar-refractivity contribution in [2.45, 2.75) is 19.9 Å². The zero-order chi connectivity index (χ0) is 14.4. The zero-order valence-corrected chi connectivity index (χ0v) is 11.9. The molecule has 0 aromatic carbocycles. The molecule has 1 rings (SSSR count). The number of nitrogens with zero attached hydrogens (tertiary/aromatic N) is 2. The van der Waals surface area contributed by atoms with Crippen molar-refractivity contribution in [2.24, 2.45) is 0 Å². The highest BCUT2D eigenvalue weighted by Gasteiger charge is 2.10. The molecule has 106 valence electrons. The molecule has 0 amide bonds. The summed E-state index contributed by atoms with van der Waals surface area (Å²) in [6, 6.07) is 3.67. The standard InChI is InChI=1S/C13H22N4O2/c1-9(2)17(3)8-7-15-12-10(14)5-6-11(16-12)13(18)19-4/h5-6,9H,7-8,14H2,1-4H3,(H,15,16).